The van der Waals surface area contributed by atoms with Gasteiger partial charge in [-0.2, -0.15) is 0 Å². The van der Waals surface area contributed by atoms with Crippen molar-refractivity contribution in [1.82, 2.24) is 19.8 Å². The fourth-order valence-corrected chi connectivity index (χ4v) is 2.89. The summed E-state index contributed by atoms with van der Waals surface area (Å²) in [5, 5.41) is 5.04. The molecule has 0 unspecified atom stereocenters. The van der Waals surface area contributed by atoms with E-state index in [-0.39, 0.29) is 12.2 Å². The third-order valence-corrected chi connectivity index (χ3v) is 4.22. The summed E-state index contributed by atoms with van der Waals surface area (Å²) in [4.78, 5) is 25.5. The quantitative estimate of drug-likeness (QED) is 0.734. The lowest BCUT2D eigenvalue weighted by atomic mass is 10.1. The van der Waals surface area contributed by atoms with Gasteiger partial charge in [0.1, 0.15) is 11.9 Å². The Balaban J connectivity index is 1.33. The van der Waals surface area contributed by atoms with Crippen LogP contribution in [0.25, 0.3) is 10.9 Å². The first-order chi connectivity index (χ1) is 12.3. The third-order valence-electron chi connectivity index (χ3n) is 4.22. The number of piperidine rings is 1. The molecule has 2 aromatic heterocycles. The summed E-state index contributed by atoms with van der Waals surface area (Å²) in [6.45, 7) is 1.19. The van der Waals surface area contributed by atoms with E-state index < -0.39 is 0 Å². The van der Waals surface area contributed by atoms with Crippen LogP contribution in [0.3, 0.4) is 0 Å². The van der Waals surface area contributed by atoms with Crippen LogP contribution >= 0.6 is 0 Å². The highest BCUT2D eigenvalue weighted by atomic mass is 16.7. The molecule has 1 fully saturated rings. The molecule has 0 aliphatic carbocycles. The summed E-state index contributed by atoms with van der Waals surface area (Å²) in [5.74, 6) is 0.506. The Kier molecular flexibility index (Phi) is 4.20. The van der Waals surface area contributed by atoms with Crippen molar-refractivity contribution in [2.75, 3.05) is 13.1 Å². The molecule has 0 N–H and O–H groups in total. The zero-order valence-electron chi connectivity index (χ0n) is 13.6. The first-order valence-corrected chi connectivity index (χ1v) is 8.26. The van der Waals surface area contributed by atoms with E-state index in [1.54, 1.807) is 35.6 Å². The highest BCUT2D eigenvalue weighted by Gasteiger charge is 2.25. The Hall–Kier alpha value is -3.09. The Bertz CT molecular complexity index is 858. The molecule has 0 radical (unpaired) electrons. The minimum Gasteiger partial charge on any atom is -0.410 e. The molecular weight excluding hydrogens is 320 g/mol. The average molecular weight is 338 g/mol. The van der Waals surface area contributed by atoms with Gasteiger partial charge in [-0.15, -0.1) is 9.94 Å². The van der Waals surface area contributed by atoms with Crippen molar-refractivity contribution >= 4 is 17.0 Å². The van der Waals surface area contributed by atoms with Crippen molar-refractivity contribution in [2.45, 2.75) is 18.9 Å². The molecular formula is C18H18N4O3. The number of aromatic nitrogens is 3. The topological polar surface area (TPSA) is 69.5 Å². The van der Waals surface area contributed by atoms with E-state index in [9.17, 15) is 4.79 Å². The van der Waals surface area contributed by atoms with Crippen molar-refractivity contribution in [3.8, 4) is 5.75 Å². The molecule has 7 heteroatoms. The van der Waals surface area contributed by atoms with Crippen LogP contribution in [-0.4, -0.2) is 45.1 Å². The zero-order chi connectivity index (χ0) is 17.1. The zero-order valence-corrected chi connectivity index (χ0v) is 13.6. The van der Waals surface area contributed by atoms with Crippen LogP contribution in [0.2, 0.25) is 0 Å². The molecule has 128 valence electrons. The van der Waals surface area contributed by atoms with Crippen LogP contribution in [0.4, 0.5) is 4.79 Å². The first kappa shape index (κ1) is 15.4. The van der Waals surface area contributed by atoms with E-state index in [1.165, 1.54) is 4.85 Å². The van der Waals surface area contributed by atoms with Gasteiger partial charge in [-0.3, -0.25) is 4.98 Å². The van der Waals surface area contributed by atoms with Gasteiger partial charge in [-0.05, 0) is 24.3 Å². The van der Waals surface area contributed by atoms with Gasteiger partial charge in [0.15, 0.2) is 0 Å². The standard InChI is InChI=1S/C18H18N4O3/c23-18(24-16-5-4-14-3-1-8-19-17(14)13-16)21-11-6-15(7-12-21)25-22-10-2-9-20-22/h1-5,8-10,13,15H,6-7,11-12H2. The van der Waals surface area contributed by atoms with Crippen molar-refractivity contribution < 1.29 is 14.4 Å². The van der Waals surface area contributed by atoms with Gasteiger partial charge in [0.05, 0.1) is 17.9 Å². The average Bonchev–Trinajstić information content (AvgIpc) is 3.15. The lowest BCUT2D eigenvalue weighted by Crippen LogP contribution is -2.44. The van der Waals surface area contributed by atoms with E-state index in [0.717, 1.165) is 23.7 Å². The van der Waals surface area contributed by atoms with Crippen LogP contribution in [0, 0.1) is 0 Å². The number of likely N-dealkylation sites (tertiary alicyclic amines) is 1. The summed E-state index contributed by atoms with van der Waals surface area (Å²) in [6, 6.07) is 11.1. The Morgan fingerprint density at radius 1 is 1.12 bits per heavy atom. The molecule has 3 heterocycles. The molecule has 1 aliphatic rings. The van der Waals surface area contributed by atoms with E-state index >= 15 is 0 Å². The molecule has 0 atom stereocenters. The molecule has 1 aromatic carbocycles. The maximum absolute atomic E-state index is 12.4. The summed E-state index contributed by atoms with van der Waals surface area (Å²) < 4.78 is 5.49. The number of ether oxygens (including phenoxy) is 1. The highest BCUT2D eigenvalue weighted by Crippen LogP contribution is 2.20. The SMILES string of the molecule is O=C(Oc1ccc2cccnc2c1)N1CCC(On2cccn2)CC1. The smallest absolute Gasteiger partial charge is 0.410 e. The molecule has 1 aliphatic heterocycles. The van der Waals surface area contributed by atoms with Gasteiger partial charge in [0, 0.05) is 43.6 Å². The van der Waals surface area contributed by atoms with E-state index in [0.29, 0.717) is 18.8 Å². The number of hydrogen-bond donors (Lipinski definition) is 0. The number of amides is 1. The molecule has 7 nitrogen and oxygen atoms in total. The first-order valence-electron chi connectivity index (χ1n) is 8.26. The number of benzene rings is 1. The van der Waals surface area contributed by atoms with Crippen LogP contribution in [0.5, 0.6) is 5.75 Å². The number of carbonyl (C=O) groups excluding carboxylic acids is 1. The molecule has 0 bridgehead atoms. The van der Waals surface area contributed by atoms with Gasteiger partial charge >= 0.3 is 6.09 Å². The van der Waals surface area contributed by atoms with Gasteiger partial charge in [0.25, 0.3) is 0 Å². The molecule has 1 saturated heterocycles. The van der Waals surface area contributed by atoms with Crippen LogP contribution in [-0.2, 0) is 0 Å². The van der Waals surface area contributed by atoms with Crippen molar-refractivity contribution in [3.05, 3.63) is 55.0 Å². The maximum atomic E-state index is 12.4. The number of carbonyl (C=O) groups is 1. The van der Waals surface area contributed by atoms with Crippen molar-refractivity contribution in [2.24, 2.45) is 0 Å². The lowest BCUT2D eigenvalue weighted by Gasteiger charge is -2.30. The van der Waals surface area contributed by atoms with Gasteiger partial charge in [0.2, 0.25) is 0 Å². The minimum absolute atomic E-state index is 0.0498. The fourth-order valence-electron chi connectivity index (χ4n) is 2.89. The molecule has 3 aromatic rings. The van der Waals surface area contributed by atoms with Crippen molar-refractivity contribution in [1.29, 1.82) is 0 Å². The molecule has 0 spiro atoms. The molecule has 1 amide bonds. The van der Waals surface area contributed by atoms with Gasteiger partial charge in [-0.25, -0.2) is 4.79 Å². The maximum Gasteiger partial charge on any atom is 0.415 e. The third kappa shape index (κ3) is 3.55. The molecule has 0 saturated carbocycles. The highest BCUT2D eigenvalue weighted by molar-refractivity contribution is 5.81. The predicted molar refractivity (Wildman–Crippen MR) is 91.2 cm³/mol. The van der Waals surface area contributed by atoms with E-state index in [1.807, 2.05) is 24.3 Å². The second-order valence-electron chi connectivity index (χ2n) is 5.93. The fraction of sp³-hybridized carbons (Fsp3) is 0.278. The predicted octanol–water partition coefficient (Wildman–Crippen LogP) is 2.52. The number of pyridine rings is 1. The number of rotatable bonds is 3. The summed E-state index contributed by atoms with van der Waals surface area (Å²) in [7, 11) is 0. The van der Waals surface area contributed by atoms with Gasteiger partial charge in [-0.1, -0.05) is 6.07 Å². The van der Waals surface area contributed by atoms with Crippen molar-refractivity contribution in [3.63, 3.8) is 0 Å². The number of nitrogens with zero attached hydrogens (tertiary/aromatic N) is 4. The van der Waals surface area contributed by atoms with Crippen LogP contribution in [0.15, 0.2) is 55.0 Å². The summed E-state index contributed by atoms with van der Waals surface area (Å²) in [5.41, 5.74) is 0.805. The molecule has 4 rings (SSSR count). The Morgan fingerprint density at radius 2 is 2.00 bits per heavy atom. The Morgan fingerprint density at radius 3 is 2.80 bits per heavy atom. The van der Waals surface area contributed by atoms with E-state index in [4.69, 9.17) is 9.57 Å². The monoisotopic (exact) mass is 338 g/mol. The minimum atomic E-state index is -0.340. The van der Waals surface area contributed by atoms with Crippen LogP contribution in [0.1, 0.15) is 12.8 Å². The van der Waals surface area contributed by atoms with Gasteiger partial charge < -0.3 is 14.5 Å². The summed E-state index contributed by atoms with van der Waals surface area (Å²) >= 11 is 0. The normalized spacial score (nSPS) is 15.3. The second kappa shape index (κ2) is 6.80. The number of hydrogen-bond acceptors (Lipinski definition) is 5. The summed E-state index contributed by atoms with van der Waals surface area (Å²) in [6.07, 6.45) is 6.35. The largest absolute Gasteiger partial charge is 0.415 e. The van der Waals surface area contributed by atoms with Crippen LogP contribution < -0.4 is 9.57 Å². The second-order valence-corrected chi connectivity index (χ2v) is 5.93. The Labute approximate surface area is 144 Å². The van der Waals surface area contributed by atoms with E-state index in [2.05, 4.69) is 10.1 Å². The number of fused-ring (bicyclic) bond motifs is 1. The molecule has 25 heavy (non-hydrogen) atoms. The lowest BCUT2D eigenvalue weighted by molar-refractivity contribution is -0.0162.